The molecular weight excluding hydrogens is 188 g/mol. The van der Waals surface area contributed by atoms with Crippen molar-refractivity contribution in [3.8, 4) is 0 Å². The van der Waals surface area contributed by atoms with Crippen LogP contribution in [0.1, 0.15) is 20.3 Å². The zero-order valence-corrected chi connectivity index (χ0v) is 9.06. The lowest BCUT2D eigenvalue weighted by Gasteiger charge is -2.11. The molecule has 0 aromatic rings. The minimum Gasteiger partial charge on any atom is -0.379 e. The second-order valence-corrected chi connectivity index (χ2v) is 2.98. The Morgan fingerprint density at radius 2 is 1.93 bits per heavy atom. The Labute approximate surface area is 83.7 Å². The third-order valence-corrected chi connectivity index (χ3v) is 1.45. The van der Waals surface area contributed by atoms with Crippen molar-refractivity contribution in [3.05, 3.63) is 10.1 Å². The highest BCUT2D eigenvalue weighted by Crippen LogP contribution is 1.80. The molecule has 0 aliphatic carbocycles. The fourth-order valence-electron chi connectivity index (χ4n) is 0.256. The molecule has 0 aliphatic heterocycles. The number of nitro groups is 1. The Balaban J connectivity index is 0. The third-order valence-electron chi connectivity index (χ3n) is 1.45. The Hall–Kier alpha value is -1.01. The van der Waals surface area contributed by atoms with Gasteiger partial charge < -0.3 is 5.11 Å². The van der Waals surface area contributed by atoms with E-state index >= 15 is 0 Å². The molecule has 0 aromatic heterocycles. The topological polar surface area (TPSA) is 83.7 Å². The first-order valence-electron chi connectivity index (χ1n) is 4.29. The molecule has 0 saturated carbocycles. The Kier molecular flexibility index (Phi) is 9.48. The molecule has 6 heteroatoms. The SMILES string of the molecule is CC(O)N(C)C.CCC(=O)C[N+](=O)[O-]. The lowest BCUT2D eigenvalue weighted by Crippen LogP contribution is -2.23. The minimum absolute atomic E-state index is 0.251. The van der Waals surface area contributed by atoms with Crippen LogP contribution in [0.4, 0.5) is 0 Å². The third kappa shape index (κ3) is 13.6. The number of aliphatic hydroxyl groups is 1. The van der Waals surface area contributed by atoms with E-state index in [0.29, 0.717) is 0 Å². The monoisotopic (exact) mass is 206 g/mol. The maximum Gasteiger partial charge on any atom is 0.261 e. The first kappa shape index (κ1) is 15.5. The van der Waals surface area contributed by atoms with Crippen molar-refractivity contribution in [1.82, 2.24) is 4.90 Å². The van der Waals surface area contributed by atoms with E-state index in [0.717, 1.165) is 0 Å². The van der Waals surface area contributed by atoms with Crippen LogP contribution in [0.5, 0.6) is 0 Å². The van der Waals surface area contributed by atoms with Gasteiger partial charge in [-0.3, -0.25) is 19.8 Å². The molecule has 84 valence electrons. The molecule has 0 spiro atoms. The van der Waals surface area contributed by atoms with Gasteiger partial charge in [-0.1, -0.05) is 6.92 Å². The van der Waals surface area contributed by atoms with Crippen molar-refractivity contribution in [3.63, 3.8) is 0 Å². The quantitative estimate of drug-likeness (QED) is 0.401. The van der Waals surface area contributed by atoms with Crippen molar-refractivity contribution in [2.75, 3.05) is 20.6 Å². The van der Waals surface area contributed by atoms with Crippen LogP contribution in [-0.4, -0.2) is 47.6 Å². The normalized spacial score (nSPS) is 11.6. The van der Waals surface area contributed by atoms with Crippen molar-refractivity contribution in [2.45, 2.75) is 26.5 Å². The zero-order chi connectivity index (χ0) is 11.7. The van der Waals surface area contributed by atoms with Crippen molar-refractivity contribution >= 4 is 5.78 Å². The summed E-state index contributed by atoms with van der Waals surface area (Å²) in [4.78, 5) is 20.8. The average Bonchev–Trinajstić information content (AvgIpc) is 2.04. The number of carbonyl (C=O) groups excluding carboxylic acids is 1. The molecule has 6 nitrogen and oxygen atoms in total. The van der Waals surface area contributed by atoms with Crippen molar-refractivity contribution in [1.29, 1.82) is 0 Å². The van der Waals surface area contributed by atoms with Gasteiger partial charge in [0.2, 0.25) is 5.78 Å². The summed E-state index contributed by atoms with van der Waals surface area (Å²) in [6, 6.07) is 0. The molecule has 0 amide bonds. The molecule has 0 saturated heterocycles. The van der Waals surface area contributed by atoms with E-state index in [9.17, 15) is 14.9 Å². The number of nitrogens with zero attached hydrogens (tertiary/aromatic N) is 2. The maximum atomic E-state index is 10.2. The van der Waals surface area contributed by atoms with E-state index < -0.39 is 11.5 Å². The first-order valence-corrected chi connectivity index (χ1v) is 4.29. The number of rotatable bonds is 4. The second kappa shape index (κ2) is 8.58. The van der Waals surface area contributed by atoms with Crippen LogP contribution in [0.15, 0.2) is 0 Å². The predicted molar refractivity (Wildman–Crippen MR) is 52.5 cm³/mol. The Morgan fingerprint density at radius 3 is 2.00 bits per heavy atom. The molecule has 0 heterocycles. The molecular formula is C8H18N2O4. The summed E-state index contributed by atoms with van der Waals surface area (Å²) in [6.45, 7) is 2.79. The summed E-state index contributed by atoms with van der Waals surface area (Å²) >= 11 is 0. The number of Topliss-reactive ketones (excluding diaryl/α,β-unsaturated/α-hetero) is 1. The maximum absolute atomic E-state index is 10.2. The van der Waals surface area contributed by atoms with Gasteiger partial charge >= 0.3 is 0 Å². The van der Waals surface area contributed by atoms with Crippen LogP contribution < -0.4 is 0 Å². The number of hydrogen-bond donors (Lipinski definition) is 1. The minimum atomic E-state index is -0.619. The largest absolute Gasteiger partial charge is 0.379 e. The summed E-state index contributed by atoms with van der Waals surface area (Å²) in [7, 11) is 3.65. The van der Waals surface area contributed by atoms with Crippen LogP contribution in [0.2, 0.25) is 0 Å². The molecule has 0 aliphatic rings. The highest BCUT2D eigenvalue weighted by atomic mass is 16.6. The summed E-state index contributed by atoms with van der Waals surface area (Å²) in [6.07, 6.45) is -0.0638. The van der Waals surface area contributed by atoms with E-state index in [1.807, 2.05) is 14.1 Å². The fourth-order valence-corrected chi connectivity index (χ4v) is 0.256. The smallest absolute Gasteiger partial charge is 0.261 e. The second-order valence-electron chi connectivity index (χ2n) is 2.98. The number of hydrogen-bond acceptors (Lipinski definition) is 5. The first-order chi connectivity index (χ1) is 6.31. The lowest BCUT2D eigenvalue weighted by atomic mass is 10.3. The molecule has 1 N–H and O–H groups in total. The van der Waals surface area contributed by atoms with E-state index in [1.165, 1.54) is 0 Å². The predicted octanol–water partition coefficient (Wildman–Crippen LogP) is 0.129. The zero-order valence-electron chi connectivity index (χ0n) is 9.06. The fraction of sp³-hybridized carbons (Fsp3) is 0.875. The van der Waals surface area contributed by atoms with Gasteiger partial charge in [-0.25, -0.2) is 0 Å². The van der Waals surface area contributed by atoms with Crippen LogP contribution in [-0.2, 0) is 4.79 Å². The molecule has 1 atom stereocenters. The molecule has 0 fully saturated rings. The van der Waals surface area contributed by atoms with Crippen LogP contribution in [0, 0.1) is 10.1 Å². The number of aliphatic hydroxyl groups excluding tert-OH is 1. The summed E-state index contributed by atoms with van der Waals surface area (Å²) in [5.41, 5.74) is 0. The van der Waals surface area contributed by atoms with Gasteiger partial charge in [0, 0.05) is 11.3 Å². The molecule has 14 heavy (non-hydrogen) atoms. The van der Waals surface area contributed by atoms with Gasteiger partial charge in [0.05, 0.1) is 0 Å². The van der Waals surface area contributed by atoms with E-state index in [2.05, 4.69) is 0 Å². The number of ketones is 1. The molecule has 0 radical (unpaired) electrons. The van der Waals surface area contributed by atoms with E-state index in [-0.39, 0.29) is 18.4 Å². The lowest BCUT2D eigenvalue weighted by molar-refractivity contribution is -0.467. The van der Waals surface area contributed by atoms with Crippen molar-refractivity contribution in [2.24, 2.45) is 0 Å². The van der Waals surface area contributed by atoms with Crippen molar-refractivity contribution < 1.29 is 14.8 Å². The Morgan fingerprint density at radius 1 is 1.57 bits per heavy atom. The van der Waals surface area contributed by atoms with E-state index in [1.54, 1.807) is 18.7 Å². The number of carbonyl (C=O) groups is 1. The van der Waals surface area contributed by atoms with Gasteiger partial charge in [0.1, 0.15) is 6.23 Å². The highest BCUT2D eigenvalue weighted by molar-refractivity contribution is 5.78. The summed E-state index contributed by atoms with van der Waals surface area (Å²) in [5, 5.41) is 18.1. The van der Waals surface area contributed by atoms with E-state index in [4.69, 9.17) is 5.11 Å². The van der Waals surface area contributed by atoms with Crippen LogP contribution in [0.3, 0.4) is 0 Å². The molecule has 1 unspecified atom stereocenters. The molecule has 0 bridgehead atoms. The van der Waals surface area contributed by atoms with Gasteiger partial charge in [0.15, 0.2) is 0 Å². The highest BCUT2D eigenvalue weighted by Gasteiger charge is 2.04. The van der Waals surface area contributed by atoms with Gasteiger partial charge in [0.25, 0.3) is 6.54 Å². The van der Waals surface area contributed by atoms with Crippen LogP contribution in [0.25, 0.3) is 0 Å². The average molecular weight is 206 g/mol. The summed E-state index contributed by atoms with van der Waals surface area (Å²) in [5.74, 6) is -0.324. The standard InChI is InChI=1S/C4H7NO3.C4H11NO/c1-2-4(6)3-5(7)8;1-4(6)5(2)3/h2-3H2,1H3;4,6H,1-3H3. The Bertz CT molecular complexity index is 174. The molecule has 0 aromatic carbocycles. The van der Waals surface area contributed by atoms with Gasteiger partial charge in [-0.15, -0.1) is 0 Å². The van der Waals surface area contributed by atoms with Gasteiger partial charge in [-0.05, 0) is 21.0 Å². The van der Waals surface area contributed by atoms with Crippen LogP contribution >= 0.6 is 0 Å². The summed E-state index contributed by atoms with van der Waals surface area (Å²) < 4.78 is 0. The molecule has 0 rings (SSSR count). The van der Waals surface area contributed by atoms with Gasteiger partial charge in [-0.2, -0.15) is 0 Å².